The van der Waals surface area contributed by atoms with Crippen molar-refractivity contribution in [2.45, 2.75) is 32.0 Å². The van der Waals surface area contributed by atoms with Crippen LogP contribution in [0.5, 0.6) is 0 Å². The molecule has 8 heteroatoms. The first kappa shape index (κ1) is 16.0. The molecule has 118 valence electrons. The third-order valence-corrected chi connectivity index (χ3v) is 3.40. The number of halogens is 2. The molecule has 0 radical (unpaired) electrons. The average Bonchev–Trinajstić information content (AvgIpc) is 2.90. The molecule has 0 saturated carbocycles. The summed E-state index contributed by atoms with van der Waals surface area (Å²) in [7, 11) is 0. The highest BCUT2D eigenvalue weighted by Crippen LogP contribution is 2.30. The molecule has 2 aromatic rings. The number of hydrogen-bond acceptors (Lipinski definition) is 4. The van der Waals surface area contributed by atoms with Crippen molar-refractivity contribution in [2.75, 3.05) is 0 Å². The lowest BCUT2D eigenvalue weighted by Crippen LogP contribution is -2.51. The summed E-state index contributed by atoms with van der Waals surface area (Å²) in [6.45, 7) is 2.66. The Bertz CT molecular complexity index is 663. The fourth-order valence-corrected chi connectivity index (χ4v) is 2.28. The summed E-state index contributed by atoms with van der Waals surface area (Å²) in [5, 5.41) is 17.4. The van der Waals surface area contributed by atoms with E-state index in [4.69, 9.17) is 0 Å². The molecule has 0 saturated heterocycles. The van der Waals surface area contributed by atoms with E-state index in [-0.39, 0.29) is 18.0 Å². The van der Waals surface area contributed by atoms with Gasteiger partial charge in [0.2, 0.25) is 5.91 Å². The van der Waals surface area contributed by atoms with E-state index in [1.807, 2.05) is 0 Å². The second kappa shape index (κ2) is 6.18. The topological polar surface area (TPSA) is 80.0 Å². The molecule has 0 aliphatic carbocycles. The summed E-state index contributed by atoms with van der Waals surface area (Å²) in [6, 6.07) is 2.04. The highest BCUT2D eigenvalue weighted by atomic mass is 19.1. The van der Waals surface area contributed by atoms with Crippen LogP contribution in [0.3, 0.4) is 0 Å². The molecule has 6 nitrogen and oxygen atoms in total. The third-order valence-electron chi connectivity index (χ3n) is 3.40. The zero-order valence-electron chi connectivity index (χ0n) is 12.1. The number of aromatic nitrogens is 3. The van der Waals surface area contributed by atoms with Crippen molar-refractivity contribution in [1.82, 2.24) is 20.1 Å². The number of rotatable bonds is 5. The highest BCUT2D eigenvalue weighted by molar-refractivity contribution is 5.73. The minimum Gasteiger partial charge on any atom is -0.381 e. The Morgan fingerprint density at radius 2 is 2.23 bits per heavy atom. The van der Waals surface area contributed by atoms with E-state index in [1.165, 1.54) is 31.2 Å². The lowest BCUT2D eigenvalue weighted by Gasteiger charge is -2.35. The quantitative estimate of drug-likeness (QED) is 0.862. The summed E-state index contributed by atoms with van der Waals surface area (Å²) < 4.78 is 28.5. The van der Waals surface area contributed by atoms with Crippen molar-refractivity contribution in [1.29, 1.82) is 0 Å². The van der Waals surface area contributed by atoms with Crippen LogP contribution in [0, 0.1) is 11.6 Å². The maximum atomic E-state index is 14.1. The van der Waals surface area contributed by atoms with Crippen LogP contribution in [-0.2, 0) is 16.9 Å². The summed E-state index contributed by atoms with van der Waals surface area (Å²) in [4.78, 5) is 15.0. The SMILES string of the molecule is CC(=O)N[C@H](C)[C@](O)(Cn1cncn1)c1ccc(F)cc1F. The summed E-state index contributed by atoms with van der Waals surface area (Å²) >= 11 is 0. The Kier molecular flexibility index (Phi) is 4.51. The molecular weight excluding hydrogens is 294 g/mol. The van der Waals surface area contributed by atoms with Crippen LogP contribution < -0.4 is 5.32 Å². The molecule has 0 spiro atoms. The van der Waals surface area contributed by atoms with Gasteiger partial charge in [0.15, 0.2) is 0 Å². The summed E-state index contributed by atoms with van der Waals surface area (Å²) in [5.41, 5.74) is -1.96. The zero-order chi connectivity index (χ0) is 16.3. The molecule has 0 aliphatic rings. The predicted octanol–water partition coefficient (Wildman–Crippen LogP) is 0.969. The van der Waals surface area contributed by atoms with Gasteiger partial charge in [-0.3, -0.25) is 4.79 Å². The zero-order valence-corrected chi connectivity index (χ0v) is 12.1. The number of nitrogens with zero attached hydrogens (tertiary/aromatic N) is 3. The number of carbonyl (C=O) groups is 1. The lowest BCUT2D eigenvalue weighted by molar-refractivity contribution is -0.122. The van der Waals surface area contributed by atoms with E-state index in [0.29, 0.717) is 6.07 Å². The number of amides is 1. The number of hydrogen-bond donors (Lipinski definition) is 2. The molecule has 0 bridgehead atoms. The van der Waals surface area contributed by atoms with Gasteiger partial charge in [-0.2, -0.15) is 5.10 Å². The monoisotopic (exact) mass is 310 g/mol. The van der Waals surface area contributed by atoms with E-state index in [9.17, 15) is 18.7 Å². The summed E-state index contributed by atoms with van der Waals surface area (Å²) in [6.07, 6.45) is 2.62. The number of carbonyl (C=O) groups excluding carboxylic acids is 1. The van der Waals surface area contributed by atoms with Crippen molar-refractivity contribution in [3.63, 3.8) is 0 Å². The Morgan fingerprint density at radius 1 is 1.50 bits per heavy atom. The van der Waals surface area contributed by atoms with Gasteiger partial charge in [-0.15, -0.1) is 0 Å². The normalized spacial score (nSPS) is 15.1. The Morgan fingerprint density at radius 3 is 2.77 bits per heavy atom. The predicted molar refractivity (Wildman–Crippen MR) is 73.6 cm³/mol. The van der Waals surface area contributed by atoms with Crippen LogP contribution in [0.4, 0.5) is 8.78 Å². The largest absolute Gasteiger partial charge is 0.381 e. The smallest absolute Gasteiger partial charge is 0.217 e. The molecule has 0 unspecified atom stereocenters. The van der Waals surface area contributed by atoms with Crippen molar-refractivity contribution in [2.24, 2.45) is 0 Å². The maximum absolute atomic E-state index is 14.1. The van der Waals surface area contributed by atoms with Gasteiger partial charge in [0.05, 0.1) is 12.6 Å². The molecule has 22 heavy (non-hydrogen) atoms. The van der Waals surface area contributed by atoms with Gasteiger partial charge in [0.1, 0.15) is 29.9 Å². The van der Waals surface area contributed by atoms with Gasteiger partial charge in [-0.25, -0.2) is 18.4 Å². The number of aliphatic hydroxyl groups is 1. The van der Waals surface area contributed by atoms with Crippen LogP contribution in [-0.4, -0.2) is 31.8 Å². The van der Waals surface area contributed by atoms with E-state index in [2.05, 4.69) is 15.4 Å². The van der Waals surface area contributed by atoms with Gasteiger partial charge in [-0.05, 0) is 13.0 Å². The average molecular weight is 310 g/mol. The van der Waals surface area contributed by atoms with Crippen LogP contribution in [0.1, 0.15) is 19.4 Å². The minimum absolute atomic E-state index is 0.134. The molecule has 1 heterocycles. The molecular formula is C14H16F2N4O2. The number of nitrogens with one attached hydrogen (secondary N) is 1. The van der Waals surface area contributed by atoms with E-state index in [1.54, 1.807) is 0 Å². The Balaban J connectivity index is 2.45. The molecule has 1 aromatic carbocycles. The van der Waals surface area contributed by atoms with Crippen molar-refractivity contribution in [3.8, 4) is 0 Å². The Labute approximate surface area is 125 Å². The molecule has 2 N–H and O–H groups in total. The van der Waals surface area contributed by atoms with Crippen LogP contribution in [0.2, 0.25) is 0 Å². The minimum atomic E-state index is -1.82. The van der Waals surface area contributed by atoms with Crippen LogP contribution in [0.15, 0.2) is 30.9 Å². The van der Waals surface area contributed by atoms with E-state index in [0.717, 1.165) is 12.1 Å². The van der Waals surface area contributed by atoms with Crippen LogP contribution in [0.25, 0.3) is 0 Å². The van der Waals surface area contributed by atoms with Crippen molar-refractivity contribution >= 4 is 5.91 Å². The first-order valence-electron chi connectivity index (χ1n) is 6.60. The number of benzene rings is 1. The van der Waals surface area contributed by atoms with Gasteiger partial charge < -0.3 is 10.4 Å². The van der Waals surface area contributed by atoms with Gasteiger partial charge in [0.25, 0.3) is 0 Å². The van der Waals surface area contributed by atoms with E-state index < -0.39 is 23.3 Å². The van der Waals surface area contributed by atoms with Crippen LogP contribution >= 0.6 is 0 Å². The fourth-order valence-electron chi connectivity index (χ4n) is 2.28. The Hall–Kier alpha value is -2.35. The molecule has 1 aromatic heterocycles. The fraction of sp³-hybridized carbons (Fsp3) is 0.357. The third kappa shape index (κ3) is 3.28. The van der Waals surface area contributed by atoms with Gasteiger partial charge >= 0.3 is 0 Å². The lowest BCUT2D eigenvalue weighted by atomic mass is 9.86. The molecule has 0 aliphatic heterocycles. The molecule has 2 atom stereocenters. The van der Waals surface area contributed by atoms with Crippen molar-refractivity contribution < 1.29 is 18.7 Å². The maximum Gasteiger partial charge on any atom is 0.217 e. The second-order valence-corrected chi connectivity index (χ2v) is 5.06. The van der Waals surface area contributed by atoms with Gasteiger partial charge in [-0.1, -0.05) is 6.07 Å². The first-order valence-corrected chi connectivity index (χ1v) is 6.60. The molecule has 1 amide bonds. The first-order chi connectivity index (χ1) is 10.3. The van der Waals surface area contributed by atoms with Gasteiger partial charge in [0, 0.05) is 18.6 Å². The van der Waals surface area contributed by atoms with E-state index >= 15 is 0 Å². The highest BCUT2D eigenvalue weighted by Gasteiger charge is 2.39. The molecule has 0 fully saturated rings. The second-order valence-electron chi connectivity index (χ2n) is 5.06. The summed E-state index contributed by atoms with van der Waals surface area (Å²) in [5.74, 6) is -2.04. The van der Waals surface area contributed by atoms with Crippen molar-refractivity contribution in [3.05, 3.63) is 48.1 Å². The standard InChI is InChI=1S/C14H16F2N4O2/c1-9(19-10(2)21)14(22,6-20-8-17-7-18-20)12-4-3-11(15)5-13(12)16/h3-5,7-9,22H,6H2,1-2H3,(H,19,21)/t9-,14-/m1/s1. The molecule has 2 rings (SSSR count).